The van der Waals surface area contributed by atoms with Gasteiger partial charge in [-0.05, 0) is 24.1 Å². The highest BCUT2D eigenvalue weighted by atomic mass is 19.1. The van der Waals surface area contributed by atoms with Gasteiger partial charge in [0.1, 0.15) is 11.7 Å². The topological polar surface area (TPSA) is 27.1 Å². The Morgan fingerprint density at radius 1 is 1.47 bits per heavy atom. The first kappa shape index (κ1) is 10.1. The molecule has 0 saturated carbocycles. The summed E-state index contributed by atoms with van der Waals surface area (Å²) in [7, 11) is 0. The summed E-state index contributed by atoms with van der Waals surface area (Å²) in [5.41, 5.74) is 2.01. The van der Waals surface area contributed by atoms with E-state index in [0.717, 1.165) is 24.2 Å². The van der Waals surface area contributed by atoms with Crippen LogP contribution in [-0.2, 0) is 6.42 Å². The van der Waals surface area contributed by atoms with Crippen molar-refractivity contribution < 1.29 is 4.39 Å². The number of anilines is 1. The fourth-order valence-corrected chi connectivity index (χ4v) is 1.91. The number of halogens is 1. The Kier molecular flexibility index (Phi) is 2.47. The van der Waals surface area contributed by atoms with Gasteiger partial charge in [0.05, 0.1) is 0 Å². The maximum Gasteiger partial charge on any atom is 0.125 e. The molecule has 0 fully saturated rings. The average molecular weight is 206 g/mol. The van der Waals surface area contributed by atoms with Crippen molar-refractivity contribution in [3.8, 4) is 0 Å². The molecule has 0 bridgehead atoms. The summed E-state index contributed by atoms with van der Waals surface area (Å²) >= 11 is 0. The highest BCUT2D eigenvalue weighted by Crippen LogP contribution is 2.29. The van der Waals surface area contributed by atoms with Crippen molar-refractivity contribution in [1.82, 2.24) is 0 Å². The molecule has 2 rings (SSSR count). The molecule has 80 valence electrons. The number of nitrogens with one attached hydrogen (secondary N) is 1. The third-order valence-electron chi connectivity index (χ3n) is 2.78. The fraction of sp³-hybridized carbons (Fsp3) is 0.417. The van der Waals surface area contributed by atoms with E-state index in [4.69, 9.17) is 5.41 Å². The van der Waals surface area contributed by atoms with Crippen LogP contribution >= 0.6 is 0 Å². The summed E-state index contributed by atoms with van der Waals surface area (Å²) in [5, 5.41) is 7.95. The molecule has 15 heavy (non-hydrogen) atoms. The van der Waals surface area contributed by atoms with Crippen molar-refractivity contribution in [2.45, 2.75) is 20.3 Å². The van der Waals surface area contributed by atoms with Gasteiger partial charge in [0.25, 0.3) is 0 Å². The van der Waals surface area contributed by atoms with Gasteiger partial charge in [-0.2, -0.15) is 0 Å². The maximum absolute atomic E-state index is 13.1. The minimum atomic E-state index is -0.225. The summed E-state index contributed by atoms with van der Waals surface area (Å²) in [6.45, 7) is 4.77. The third kappa shape index (κ3) is 1.74. The lowest BCUT2D eigenvalue weighted by atomic mass is 10.1. The molecule has 1 aliphatic rings. The summed E-state index contributed by atoms with van der Waals surface area (Å²) < 4.78 is 13.1. The van der Waals surface area contributed by atoms with Gasteiger partial charge >= 0.3 is 0 Å². The number of fused-ring (bicyclic) bond motifs is 1. The highest BCUT2D eigenvalue weighted by molar-refractivity contribution is 5.98. The molecule has 1 aromatic carbocycles. The molecule has 1 aromatic rings. The zero-order chi connectivity index (χ0) is 11.0. The van der Waals surface area contributed by atoms with Gasteiger partial charge in [-0.1, -0.05) is 19.9 Å². The standard InChI is InChI=1S/C12H15FN2/c1-8(2)12(14)15-6-5-9-3-4-10(13)7-11(9)15/h3-4,7-8,14H,5-6H2,1-2H3. The Morgan fingerprint density at radius 2 is 2.20 bits per heavy atom. The van der Waals surface area contributed by atoms with E-state index < -0.39 is 0 Å². The Labute approximate surface area is 89.2 Å². The Bertz CT molecular complexity index is 399. The van der Waals surface area contributed by atoms with Gasteiger partial charge in [0, 0.05) is 18.2 Å². The van der Waals surface area contributed by atoms with E-state index in [2.05, 4.69) is 0 Å². The molecule has 1 heterocycles. The molecule has 0 atom stereocenters. The SMILES string of the molecule is CC(C)C(=N)N1CCc2ccc(F)cc21. The van der Waals surface area contributed by atoms with Crippen LogP contribution in [0.3, 0.4) is 0 Å². The summed E-state index contributed by atoms with van der Waals surface area (Å²) in [5.74, 6) is 0.524. The molecule has 0 aromatic heterocycles. The second-order valence-electron chi connectivity index (χ2n) is 4.21. The molecular formula is C12H15FN2. The predicted octanol–water partition coefficient (Wildman–Crippen LogP) is 2.82. The molecule has 0 unspecified atom stereocenters. The largest absolute Gasteiger partial charge is 0.329 e. The van der Waals surface area contributed by atoms with Crippen molar-refractivity contribution in [3.63, 3.8) is 0 Å². The van der Waals surface area contributed by atoms with Crippen LogP contribution in [0.15, 0.2) is 18.2 Å². The number of amidine groups is 1. The van der Waals surface area contributed by atoms with E-state index in [9.17, 15) is 4.39 Å². The predicted molar refractivity (Wildman–Crippen MR) is 60.0 cm³/mol. The fourth-order valence-electron chi connectivity index (χ4n) is 1.91. The molecule has 0 saturated heterocycles. The molecule has 0 radical (unpaired) electrons. The molecule has 1 N–H and O–H groups in total. The number of hydrogen-bond acceptors (Lipinski definition) is 1. The second-order valence-corrected chi connectivity index (χ2v) is 4.21. The van der Waals surface area contributed by atoms with Gasteiger partial charge in [0.15, 0.2) is 0 Å². The van der Waals surface area contributed by atoms with E-state index in [1.165, 1.54) is 12.1 Å². The van der Waals surface area contributed by atoms with Crippen LogP contribution in [-0.4, -0.2) is 12.4 Å². The van der Waals surface area contributed by atoms with Crippen LogP contribution in [0.5, 0.6) is 0 Å². The van der Waals surface area contributed by atoms with Gasteiger partial charge in [-0.3, -0.25) is 5.41 Å². The van der Waals surface area contributed by atoms with Gasteiger partial charge in [-0.15, -0.1) is 0 Å². The van der Waals surface area contributed by atoms with E-state index in [-0.39, 0.29) is 11.7 Å². The van der Waals surface area contributed by atoms with E-state index in [1.54, 1.807) is 0 Å². The average Bonchev–Trinajstić information content (AvgIpc) is 2.59. The Morgan fingerprint density at radius 3 is 2.87 bits per heavy atom. The minimum absolute atomic E-state index is 0.180. The number of benzene rings is 1. The zero-order valence-electron chi connectivity index (χ0n) is 9.05. The molecule has 1 aliphatic heterocycles. The quantitative estimate of drug-likeness (QED) is 0.555. The first-order valence-corrected chi connectivity index (χ1v) is 5.24. The number of hydrogen-bond donors (Lipinski definition) is 1. The van der Waals surface area contributed by atoms with Crippen LogP contribution in [0.4, 0.5) is 10.1 Å². The van der Waals surface area contributed by atoms with Crippen LogP contribution in [0.25, 0.3) is 0 Å². The smallest absolute Gasteiger partial charge is 0.125 e. The summed E-state index contributed by atoms with van der Waals surface area (Å²) in [6.07, 6.45) is 0.907. The Hall–Kier alpha value is -1.38. The van der Waals surface area contributed by atoms with E-state index in [1.807, 2.05) is 24.8 Å². The third-order valence-corrected chi connectivity index (χ3v) is 2.78. The molecule has 0 spiro atoms. The van der Waals surface area contributed by atoms with Gasteiger partial charge in [0.2, 0.25) is 0 Å². The normalized spacial score (nSPS) is 14.5. The molecular weight excluding hydrogens is 191 g/mol. The molecule has 3 heteroatoms. The van der Waals surface area contributed by atoms with E-state index >= 15 is 0 Å². The van der Waals surface area contributed by atoms with Crippen molar-refractivity contribution in [1.29, 1.82) is 5.41 Å². The lowest BCUT2D eigenvalue weighted by Crippen LogP contribution is -2.31. The first-order chi connectivity index (χ1) is 7.09. The van der Waals surface area contributed by atoms with E-state index in [0.29, 0.717) is 5.84 Å². The number of nitrogens with zero attached hydrogens (tertiary/aromatic N) is 1. The van der Waals surface area contributed by atoms with Crippen molar-refractivity contribution in [3.05, 3.63) is 29.6 Å². The molecule has 0 aliphatic carbocycles. The van der Waals surface area contributed by atoms with Crippen LogP contribution in [0.1, 0.15) is 19.4 Å². The maximum atomic E-state index is 13.1. The first-order valence-electron chi connectivity index (χ1n) is 5.24. The van der Waals surface area contributed by atoms with Gasteiger partial charge in [-0.25, -0.2) is 4.39 Å². The number of rotatable bonds is 1. The lowest BCUT2D eigenvalue weighted by Gasteiger charge is -2.22. The van der Waals surface area contributed by atoms with Crippen LogP contribution in [0.2, 0.25) is 0 Å². The summed E-state index contributed by atoms with van der Waals surface area (Å²) in [6, 6.07) is 4.83. The van der Waals surface area contributed by atoms with Crippen molar-refractivity contribution in [2.24, 2.45) is 5.92 Å². The van der Waals surface area contributed by atoms with Crippen molar-refractivity contribution in [2.75, 3.05) is 11.4 Å². The highest BCUT2D eigenvalue weighted by Gasteiger charge is 2.23. The van der Waals surface area contributed by atoms with Gasteiger partial charge < -0.3 is 4.90 Å². The molecule has 0 amide bonds. The molecule has 2 nitrogen and oxygen atoms in total. The Balaban J connectivity index is 2.35. The monoisotopic (exact) mass is 206 g/mol. The van der Waals surface area contributed by atoms with Crippen molar-refractivity contribution >= 4 is 11.5 Å². The lowest BCUT2D eigenvalue weighted by molar-refractivity contribution is 0.628. The minimum Gasteiger partial charge on any atom is -0.329 e. The van der Waals surface area contributed by atoms with Crippen LogP contribution in [0, 0.1) is 17.1 Å². The second kappa shape index (κ2) is 3.65. The summed E-state index contributed by atoms with van der Waals surface area (Å²) in [4.78, 5) is 1.91. The zero-order valence-corrected chi connectivity index (χ0v) is 9.05. The van der Waals surface area contributed by atoms with Crippen LogP contribution < -0.4 is 4.90 Å².